The maximum atomic E-state index is 12.2. The number of rotatable bonds is 9. The maximum Gasteiger partial charge on any atom is 0.230 e. The summed E-state index contributed by atoms with van der Waals surface area (Å²) >= 11 is 7.42. The van der Waals surface area contributed by atoms with Crippen LogP contribution in [0.5, 0.6) is 0 Å². The molecule has 1 N–H and O–H groups in total. The molecule has 0 aliphatic heterocycles. The lowest BCUT2D eigenvalue weighted by Gasteiger charge is -2.12. The molecule has 1 amide bonds. The van der Waals surface area contributed by atoms with Crippen LogP contribution < -0.4 is 5.32 Å². The van der Waals surface area contributed by atoms with Crippen molar-refractivity contribution >= 4 is 29.3 Å². The van der Waals surface area contributed by atoms with Crippen molar-refractivity contribution in [3.05, 3.63) is 29.3 Å². The molecule has 2 aromatic rings. The summed E-state index contributed by atoms with van der Waals surface area (Å²) in [7, 11) is 1.69. The van der Waals surface area contributed by atoms with E-state index in [4.69, 9.17) is 16.3 Å². The molecule has 1 heterocycles. The Balaban J connectivity index is 1.69. The Labute approximate surface area is 169 Å². The molecule has 3 rings (SSSR count). The number of halogens is 1. The summed E-state index contributed by atoms with van der Waals surface area (Å²) < 4.78 is 7.22. The number of thioether (sulfide) groups is 1. The van der Waals surface area contributed by atoms with E-state index in [1.54, 1.807) is 7.11 Å². The van der Waals surface area contributed by atoms with Crippen molar-refractivity contribution in [2.45, 2.75) is 49.8 Å². The molecule has 1 fully saturated rings. The first-order valence-electron chi connectivity index (χ1n) is 9.27. The second-order valence-electron chi connectivity index (χ2n) is 6.65. The second-order valence-corrected chi connectivity index (χ2v) is 8.03. The zero-order valence-corrected chi connectivity index (χ0v) is 17.1. The zero-order chi connectivity index (χ0) is 19.1. The fraction of sp³-hybridized carbons (Fsp3) is 0.526. The lowest BCUT2D eigenvalue weighted by atomic mass is 10.2. The zero-order valence-electron chi connectivity index (χ0n) is 15.5. The first-order chi connectivity index (χ1) is 13.2. The fourth-order valence-corrected chi connectivity index (χ4v) is 4.15. The normalized spacial score (nSPS) is 14.6. The number of methoxy groups -OCH3 is 1. The third-order valence-electron chi connectivity index (χ3n) is 4.60. The van der Waals surface area contributed by atoms with E-state index in [-0.39, 0.29) is 5.91 Å². The molecule has 146 valence electrons. The molecule has 0 unspecified atom stereocenters. The monoisotopic (exact) mass is 408 g/mol. The Hall–Kier alpha value is -1.57. The van der Waals surface area contributed by atoms with E-state index in [1.807, 2.05) is 24.3 Å². The highest BCUT2D eigenvalue weighted by molar-refractivity contribution is 7.99. The Bertz CT molecular complexity index is 745. The van der Waals surface area contributed by atoms with Gasteiger partial charge in [0.1, 0.15) is 0 Å². The summed E-state index contributed by atoms with van der Waals surface area (Å²) in [6.07, 6.45) is 5.43. The molecule has 1 aromatic carbocycles. The lowest BCUT2D eigenvalue weighted by molar-refractivity contribution is -0.119. The van der Waals surface area contributed by atoms with Gasteiger partial charge in [-0.05, 0) is 43.5 Å². The van der Waals surface area contributed by atoms with E-state index in [2.05, 4.69) is 20.1 Å². The van der Waals surface area contributed by atoms with Gasteiger partial charge < -0.3 is 14.6 Å². The van der Waals surface area contributed by atoms with Gasteiger partial charge >= 0.3 is 0 Å². The summed E-state index contributed by atoms with van der Waals surface area (Å²) in [5.74, 6) is 1.19. The minimum absolute atomic E-state index is 0.0615. The first kappa shape index (κ1) is 20.2. The first-order valence-corrected chi connectivity index (χ1v) is 10.6. The Morgan fingerprint density at radius 2 is 2.04 bits per heavy atom. The maximum absolute atomic E-state index is 12.2. The van der Waals surface area contributed by atoms with Crippen molar-refractivity contribution in [3.63, 3.8) is 0 Å². The highest BCUT2D eigenvalue weighted by atomic mass is 35.5. The van der Waals surface area contributed by atoms with Gasteiger partial charge in [-0.25, -0.2) is 0 Å². The summed E-state index contributed by atoms with van der Waals surface area (Å²) in [6.45, 7) is 1.38. The van der Waals surface area contributed by atoms with Crippen molar-refractivity contribution in [1.29, 1.82) is 0 Å². The lowest BCUT2D eigenvalue weighted by Crippen LogP contribution is -2.33. The van der Waals surface area contributed by atoms with Crippen LogP contribution >= 0.6 is 23.4 Å². The van der Waals surface area contributed by atoms with Crippen LogP contribution in [-0.2, 0) is 16.1 Å². The quantitative estimate of drug-likeness (QED) is 0.505. The molecule has 8 heteroatoms. The number of aromatic nitrogens is 3. The minimum atomic E-state index is 0.0615. The SMILES string of the molecule is COCCCn1c(SCC(=O)NC2CCCC2)nnc1-c1ccc(Cl)cc1. The molecular weight excluding hydrogens is 384 g/mol. The number of carbonyl (C=O) groups excluding carboxylic acids is 1. The van der Waals surface area contributed by atoms with Crippen LogP contribution in [0.4, 0.5) is 0 Å². The third kappa shape index (κ3) is 5.70. The van der Waals surface area contributed by atoms with Gasteiger partial charge in [0.2, 0.25) is 5.91 Å². The molecule has 1 aromatic heterocycles. The van der Waals surface area contributed by atoms with Crippen molar-refractivity contribution < 1.29 is 9.53 Å². The smallest absolute Gasteiger partial charge is 0.230 e. The van der Waals surface area contributed by atoms with E-state index < -0.39 is 0 Å². The van der Waals surface area contributed by atoms with Crippen molar-refractivity contribution in [2.75, 3.05) is 19.5 Å². The standard InChI is InChI=1S/C19H25ClN4O2S/c1-26-12-4-11-24-18(14-7-9-15(20)10-8-14)22-23-19(24)27-13-17(25)21-16-5-2-3-6-16/h7-10,16H,2-6,11-13H2,1H3,(H,21,25). The predicted molar refractivity (Wildman–Crippen MR) is 108 cm³/mol. The van der Waals surface area contributed by atoms with Crippen LogP contribution in [0.25, 0.3) is 11.4 Å². The van der Waals surface area contributed by atoms with Gasteiger partial charge in [0.15, 0.2) is 11.0 Å². The number of hydrogen-bond acceptors (Lipinski definition) is 5. The van der Waals surface area contributed by atoms with Crippen LogP contribution in [0.15, 0.2) is 29.4 Å². The van der Waals surface area contributed by atoms with Crippen molar-refractivity contribution in [3.8, 4) is 11.4 Å². The summed E-state index contributed by atoms with van der Waals surface area (Å²) in [4.78, 5) is 12.2. The van der Waals surface area contributed by atoms with Gasteiger partial charge in [-0.1, -0.05) is 36.2 Å². The number of amides is 1. The van der Waals surface area contributed by atoms with Crippen molar-refractivity contribution in [2.24, 2.45) is 0 Å². The predicted octanol–water partition coefficient (Wildman–Crippen LogP) is 3.79. The van der Waals surface area contributed by atoms with E-state index >= 15 is 0 Å². The highest BCUT2D eigenvalue weighted by Gasteiger charge is 2.19. The van der Waals surface area contributed by atoms with E-state index in [0.717, 1.165) is 42.4 Å². The third-order valence-corrected chi connectivity index (χ3v) is 5.82. The Kier molecular flexibility index (Phi) is 7.55. The number of nitrogens with zero attached hydrogens (tertiary/aromatic N) is 3. The molecule has 1 aliphatic carbocycles. The summed E-state index contributed by atoms with van der Waals surface area (Å²) in [6, 6.07) is 7.88. The number of benzene rings is 1. The molecule has 0 saturated heterocycles. The largest absolute Gasteiger partial charge is 0.385 e. The Morgan fingerprint density at radius 3 is 2.74 bits per heavy atom. The molecule has 0 bridgehead atoms. The molecule has 6 nitrogen and oxygen atoms in total. The van der Waals surface area contributed by atoms with Crippen LogP contribution in [0.3, 0.4) is 0 Å². The number of hydrogen-bond donors (Lipinski definition) is 1. The number of nitrogens with one attached hydrogen (secondary N) is 1. The van der Waals surface area contributed by atoms with Crippen LogP contribution in [-0.4, -0.2) is 46.2 Å². The topological polar surface area (TPSA) is 69.0 Å². The molecule has 27 heavy (non-hydrogen) atoms. The Morgan fingerprint density at radius 1 is 1.30 bits per heavy atom. The van der Waals surface area contributed by atoms with Gasteiger partial charge in [0, 0.05) is 36.9 Å². The molecule has 1 saturated carbocycles. The van der Waals surface area contributed by atoms with Gasteiger partial charge in [0.25, 0.3) is 0 Å². The van der Waals surface area contributed by atoms with E-state index in [1.165, 1.54) is 24.6 Å². The van der Waals surface area contributed by atoms with Crippen LogP contribution in [0, 0.1) is 0 Å². The van der Waals surface area contributed by atoms with Gasteiger partial charge in [-0.3, -0.25) is 4.79 Å². The van der Waals surface area contributed by atoms with Crippen LogP contribution in [0.2, 0.25) is 5.02 Å². The molecular formula is C19H25ClN4O2S. The number of ether oxygens (including phenoxy) is 1. The van der Waals surface area contributed by atoms with E-state index in [9.17, 15) is 4.79 Å². The molecule has 0 atom stereocenters. The van der Waals surface area contributed by atoms with Crippen molar-refractivity contribution in [1.82, 2.24) is 20.1 Å². The summed E-state index contributed by atoms with van der Waals surface area (Å²) in [5.41, 5.74) is 0.951. The van der Waals surface area contributed by atoms with Gasteiger partial charge in [0.05, 0.1) is 5.75 Å². The molecule has 0 spiro atoms. The highest BCUT2D eigenvalue weighted by Crippen LogP contribution is 2.26. The average molecular weight is 409 g/mol. The second kappa shape index (κ2) is 10.1. The van der Waals surface area contributed by atoms with E-state index in [0.29, 0.717) is 23.4 Å². The fourth-order valence-electron chi connectivity index (χ4n) is 3.25. The van der Waals surface area contributed by atoms with Gasteiger partial charge in [-0.2, -0.15) is 0 Å². The summed E-state index contributed by atoms with van der Waals surface area (Å²) in [5, 5.41) is 13.2. The van der Waals surface area contributed by atoms with Crippen LogP contribution in [0.1, 0.15) is 32.1 Å². The number of carbonyl (C=O) groups is 1. The molecule has 0 radical (unpaired) electrons. The average Bonchev–Trinajstić information content (AvgIpc) is 3.31. The minimum Gasteiger partial charge on any atom is -0.385 e. The van der Waals surface area contributed by atoms with Gasteiger partial charge in [-0.15, -0.1) is 10.2 Å². The molecule has 1 aliphatic rings.